The number of ether oxygens (including phenoxy) is 1. The third-order valence-electron chi connectivity index (χ3n) is 6.41. The van der Waals surface area contributed by atoms with Crippen LogP contribution in [0.1, 0.15) is 46.5 Å². The fourth-order valence-electron chi connectivity index (χ4n) is 4.66. The number of ketones is 1. The van der Waals surface area contributed by atoms with E-state index in [1.165, 1.54) is 5.56 Å². The lowest BCUT2D eigenvalue weighted by atomic mass is 9.92. The third-order valence-corrected chi connectivity index (χ3v) is 6.41. The van der Waals surface area contributed by atoms with Crippen LogP contribution in [0.5, 0.6) is 5.75 Å². The van der Waals surface area contributed by atoms with Gasteiger partial charge >= 0.3 is 0 Å². The number of carbonyl (C=O) groups is 1. The normalized spacial score (nSPS) is 11.0. The van der Waals surface area contributed by atoms with Gasteiger partial charge in [0.1, 0.15) is 23.7 Å². The predicted molar refractivity (Wildman–Crippen MR) is 146 cm³/mol. The molecule has 0 spiro atoms. The van der Waals surface area contributed by atoms with Gasteiger partial charge in [-0.25, -0.2) is 0 Å². The smallest absolute Gasteiger partial charge is 0.197 e. The van der Waals surface area contributed by atoms with Crippen LogP contribution in [-0.2, 0) is 0 Å². The highest BCUT2D eigenvalue weighted by Gasteiger charge is 2.25. The fourth-order valence-corrected chi connectivity index (χ4v) is 4.66. The molecule has 5 heteroatoms. The fraction of sp³-hybridized carbons (Fsp3) is 0.300. The molecule has 0 aliphatic rings. The zero-order valence-corrected chi connectivity index (χ0v) is 22.0. The number of halogens is 1. The van der Waals surface area contributed by atoms with Gasteiger partial charge in [0, 0.05) is 23.1 Å². The molecule has 4 rings (SSSR count). The molecule has 4 aromatic rings. The van der Waals surface area contributed by atoms with Crippen molar-refractivity contribution in [3.05, 3.63) is 88.5 Å². The topological polar surface area (TPSA) is 42.7 Å². The van der Waals surface area contributed by atoms with Crippen LogP contribution in [0.15, 0.2) is 65.1 Å². The highest BCUT2D eigenvalue weighted by Crippen LogP contribution is 2.38. The number of likely N-dealkylation sites (N-methyl/N-ethyl adjacent to an activating group) is 1. The number of furan rings is 1. The highest BCUT2D eigenvalue weighted by atomic mass is 35.5. The van der Waals surface area contributed by atoms with Crippen LogP contribution < -0.4 is 4.74 Å². The van der Waals surface area contributed by atoms with Crippen molar-refractivity contribution in [3.63, 3.8) is 0 Å². The quantitative estimate of drug-likeness (QED) is 0.229. The van der Waals surface area contributed by atoms with Crippen LogP contribution in [0.25, 0.3) is 22.3 Å². The maximum absolute atomic E-state index is 13.8. The van der Waals surface area contributed by atoms with E-state index < -0.39 is 0 Å². The summed E-state index contributed by atoms with van der Waals surface area (Å²) in [4.78, 5) is 16.1. The van der Waals surface area contributed by atoms with E-state index in [-0.39, 0.29) is 18.2 Å². The molecule has 0 N–H and O–H groups in total. The van der Waals surface area contributed by atoms with Gasteiger partial charge in [0.15, 0.2) is 5.78 Å². The van der Waals surface area contributed by atoms with Gasteiger partial charge < -0.3 is 14.1 Å². The number of nitrogens with zero attached hydrogens (tertiary/aromatic N) is 1. The Bertz CT molecular complexity index is 1280. The van der Waals surface area contributed by atoms with E-state index in [4.69, 9.17) is 9.15 Å². The predicted octanol–water partition coefficient (Wildman–Crippen LogP) is 7.40. The summed E-state index contributed by atoms with van der Waals surface area (Å²) < 4.78 is 12.2. The Balaban J connectivity index is 0.00000342. The molecule has 0 fully saturated rings. The Hall–Kier alpha value is -3.08. The number of fused-ring (bicyclic) bond motifs is 1. The van der Waals surface area contributed by atoms with Crippen molar-refractivity contribution in [2.75, 3.05) is 26.2 Å². The minimum Gasteiger partial charge on any atom is -0.492 e. The molecule has 1 heterocycles. The van der Waals surface area contributed by atoms with Crippen molar-refractivity contribution in [1.29, 1.82) is 0 Å². The largest absolute Gasteiger partial charge is 0.492 e. The average molecular weight is 492 g/mol. The van der Waals surface area contributed by atoms with Crippen LogP contribution in [0.4, 0.5) is 0 Å². The Morgan fingerprint density at radius 1 is 0.914 bits per heavy atom. The summed E-state index contributed by atoms with van der Waals surface area (Å²) in [5.74, 6) is 1.36. The van der Waals surface area contributed by atoms with Crippen LogP contribution >= 0.6 is 12.4 Å². The van der Waals surface area contributed by atoms with Crippen LogP contribution in [-0.4, -0.2) is 36.9 Å². The van der Waals surface area contributed by atoms with Gasteiger partial charge in [-0.15, -0.1) is 12.4 Å². The van der Waals surface area contributed by atoms with Gasteiger partial charge in [0.25, 0.3) is 0 Å². The van der Waals surface area contributed by atoms with E-state index in [0.29, 0.717) is 23.5 Å². The van der Waals surface area contributed by atoms with Crippen molar-refractivity contribution in [1.82, 2.24) is 4.90 Å². The maximum atomic E-state index is 13.8. The van der Waals surface area contributed by atoms with Crippen molar-refractivity contribution in [2.45, 2.75) is 34.6 Å². The van der Waals surface area contributed by atoms with E-state index in [2.05, 4.69) is 51.7 Å². The Labute approximate surface area is 214 Å². The number of benzene rings is 3. The Kier molecular flexibility index (Phi) is 8.76. The summed E-state index contributed by atoms with van der Waals surface area (Å²) in [6.07, 6.45) is 0. The molecule has 35 heavy (non-hydrogen) atoms. The number of rotatable bonds is 9. The Morgan fingerprint density at radius 2 is 1.54 bits per heavy atom. The molecule has 0 saturated carbocycles. The lowest BCUT2D eigenvalue weighted by Gasteiger charge is -2.18. The number of para-hydroxylation sites is 1. The van der Waals surface area contributed by atoms with Crippen molar-refractivity contribution >= 4 is 29.2 Å². The Morgan fingerprint density at radius 3 is 2.17 bits per heavy atom. The molecule has 0 atom stereocenters. The maximum Gasteiger partial charge on any atom is 0.197 e. The molecule has 0 saturated heterocycles. The number of carbonyl (C=O) groups excluding carboxylic acids is 1. The first-order valence-electron chi connectivity index (χ1n) is 12.0. The second-order valence-corrected chi connectivity index (χ2v) is 8.80. The summed E-state index contributed by atoms with van der Waals surface area (Å²) in [5.41, 5.74) is 6.33. The monoisotopic (exact) mass is 491 g/mol. The molecule has 0 aliphatic carbocycles. The standard InChI is InChI=1S/C30H33NO3.ClH/c1-6-31(7-2)16-17-33-24-14-12-23(13-15-24)29(32)28-25-10-8-9-11-26(25)34-30(28)27-21(4)18-20(3)19-22(27)5;/h8-15,18-19H,6-7,16-17H2,1-5H3;1H. The summed E-state index contributed by atoms with van der Waals surface area (Å²) in [6.45, 7) is 14.0. The van der Waals surface area contributed by atoms with Crippen LogP contribution in [0.3, 0.4) is 0 Å². The summed E-state index contributed by atoms with van der Waals surface area (Å²) >= 11 is 0. The van der Waals surface area contributed by atoms with Gasteiger partial charge in [-0.1, -0.05) is 49.7 Å². The molecular weight excluding hydrogens is 458 g/mol. The van der Waals surface area contributed by atoms with Crippen LogP contribution in [0, 0.1) is 20.8 Å². The minimum absolute atomic E-state index is 0. The summed E-state index contributed by atoms with van der Waals surface area (Å²) in [7, 11) is 0. The van der Waals surface area contributed by atoms with Gasteiger partial charge in [-0.2, -0.15) is 0 Å². The average Bonchev–Trinajstić information content (AvgIpc) is 3.20. The molecule has 0 aliphatic heterocycles. The summed E-state index contributed by atoms with van der Waals surface area (Å²) in [6, 6.07) is 19.5. The van der Waals surface area contributed by atoms with Gasteiger partial charge in [0.05, 0.1) is 5.56 Å². The zero-order valence-electron chi connectivity index (χ0n) is 21.2. The van der Waals surface area contributed by atoms with Gasteiger partial charge in [-0.05, 0) is 75.3 Å². The summed E-state index contributed by atoms with van der Waals surface area (Å²) in [5, 5.41) is 0.835. The zero-order chi connectivity index (χ0) is 24.2. The number of hydrogen-bond donors (Lipinski definition) is 0. The minimum atomic E-state index is -0.0472. The van der Waals surface area contributed by atoms with Crippen molar-refractivity contribution in [3.8, 4) is 17.1 Å². The van der Waals surface area contributed by atoms with E-state index >= 15 is 0 Å². The van der Waals surface area contributed by atoms with E-state index in [1.54, 1.807) is 0 Å². The van der Waals surface area contributed by atoms with Crippen LogP contribution in [0.2, 0.25) is 0 Å². The lowest BCUT2D eigenvalue weighted by molar-refractivity contribution is 0.104. The molecule has 0 radical (unpaired) electrons. The molecule has 3 aromatic carbocycles. The molecule has 184 valence electrons. The molecule has 0 bridgehead atoms. The van der Waals surface area contributed by atoms with E-state index in [1.807, 2.05) is 48.5 Å². The molecular formula is C30H34ClNO3. The first-order valence-corrected chi connectivity index (χ1v) is 12.0. The SMILES string of the molecule is CCN(CC)CCOc1ccc(C(=O)c2c(-c3c(C)cc(C)cc3C)oc3ccccc23)cc1.Cl. The van der Waals surface area contributed by atoms with Gasteiger partial charge in [0.2, 0.25) is 0 Å². The number of aryl methyl sites for hydroxylation is 3. The highest BCUT2D eigenvalue weighted by molar-refractivity contribution is 6.19. The third kappa shape index (κ3) is 5.61. The van der Waals surface area contributed by atoms with Crippen molar-refractivity contribution in [2.24, 2.45) is 0 Å². The molecule has 0 amide bonds. The van der Waals surface area contributed by atoms with Crippen molar-refractivity contribution < 1.29 is 13.9 Å². The van der Waals surface area contributed by atoms with E-state index in [0.717, 1.165) is 53.0 Å². The first kappa shape index (κ1) is 26.5. The molecule has 1 aromatic heterocycles. The second-order valence-electron chi connectivity index (χ2n) is 8.80. The lowest BCUT2D eigenvalue weighted by Crippen LogP contribution is -2.27. The molecule has 0 unspecified atom stereocenters. The second kappa shape index (κ2) is 11.6. The molecule has 4 nitrogen and oxygen atoms in total. The first-order chi connectivity index (χ1) is 16.4. The van der Waals surface area contributed by atoms with E-state index in [9.17, 15) is 4.79 Å². The van der Waals surface area contributed by atoms with Gasteiger partial charge in [-0.3, -0.25) is 4.79 Å². The number of hydrogen-bond acceptors (Lipinski definition) is 4.